The normalized spacial score (nSPS) is 17.9. The van der Waals surface area contributed by atoms with E-state index in [-0.39, 0.29) is 12.1 Å². The van der Waals surface area contributed by atoms with Crippen LogP contribution in [0, 0.1) is 6.92 Å². The van der Waals surface area contributed by atoms with Crippen molar-refractivity contribution in [1.29, 1.82) is 0 Å². The quantitative estimate of drug-likeness (QED) is 0.726. The minimum absolute atomic E-state index is 0.0168. The molecule has 0 aliphatic heterocycles. The molecule has 1 aromatic heterocycles. The van der Waals surface area contributed by atoms with Gasteiger partial charge in [-0.25, -0.2) is 4.79 Å². The smallest absolute Gasteiger partial charge is 0.342 e. The lowest BCUT2D eigenvalue weighted by Crippen LogP contribution is -2.32. The minimum Gasteiger partial charge on any atom is -0.462 e. The molecule has 0 fully saturated rings. The molecular formula is C13H16O4. The predicted octanol–water partition coefficient (Wildman–Crippen LogP) is 0.744. The first-order valence-corrected chi connectivity index (χ1v) is 5.68. The van der Waals surface area contributed by atoms with Gasteiger partial charge in [0.1, 0.15) is 16.7 Å². The van der Waals surface area contributed by atoms with E-state index in [0.717, 1.165) is 11.6 Å². The van der Waals surface area contributed by atoms with Gasteiger partial charge in [-0.2, -0.15) is 0 Å². The first-order valence-electron chi connectivity index (χ1n) is 5.68. The van der Waals surface area contributed by atoms with E-state index >= 15 is 0 Å². The van der Waals surface area contributed by atoms with Crippen molar-refractivity contribution in [1.82, 2.24) is 0 Å². The Balaban J connectivity index is 2.51. The molecule has 92 valence electrons. The number of hydrogen-bond donors (Lipinski definition) is 0. The summed E-state index contributed by atoms with van der Waals surface area (Å²) in [5.74, 6) is 0.271. The molecule has 1 heterocycles. The van der Waals surface area contributed by atoms with E-state index in [0.29, 0.717) is 23.3 Å². The molecule has 4 heteroatoms. The summed E-state index contributed by atoms with van der Waals surface area (Å²) in [6, 6.07) is 0. The molecule has 0 N–H and O–H groups in total. The Hall–Kier alpha value is -1.55. The van der Waals surface area contributed by atoms with Gasteiger partial charge < -0.3 is 13.9 Å². The number of fused-ring (bicyclic) bond motifs is 1. The fraction of sp³-hybridized carbons (Fsp3) is 0.462. The third-order valence-corrected chi connectivity index (χ3v) is 2.82. The fourth-order valence-corrected chi connectivity index (χ4v) is 2.00. The molecule has 1 aromatic rings. The van der Waals surface area contributed by atoms with E-state index in [2.05, 4.69) is 0 Å². The second-order valence-electron chi connectivity index (χ2n) is 3.91. The largest absolute Gasteiger partial charge is 0.462 e. The summed E-state index contributed by atoms with van der Waals surface area (Å²) in [4.78, 5) is 11.8. The van der Waals surface area contributed by atoms with Gasteiger partial charge in [0.15, 0.2) is 0 Å². The van der Waals surface area contributed by atoms with Crippen LogP contribution in [0.15, 0.2) is 4.42 Å². The lowest BCUT2D eigenvalue weighted by atomic mass is 10.1. The molecule has 4 nitrogen and oxygen atoms in total. The highest BCUT2D eigenvalue weighted by Crippen LogP contribution is 2.08. The van der Waals surface area contributed by atoms with Gasteiger partial charge in [0.25, 0.3) is 0 Å². The Bertz CT molecular complexity index is 539. The Kier molecular flexibility index (Phi) is 3.33. The SMILES string of the molecule is CCOC(=O)c1c(C)oc2c1=CCC(OC)C=2. The van der Waals surface area contributed by atoms with Crippen LogP contribution in [0.1, 0.15) is 29.5 Å². The molecule has 0 saturated carbocycles. The zero-order valence-corrected chi connectivity index (χ0v) is 10.3. The van der Waals surface area contributed by atoms with E-state index in [1.54, 1.807) is 21.0 Å². The second-order valence-corrected chi connectivity index (χ2v) is 3.91. The van der Waals surface area contributed by atoms with Gasteiger partial charge >= 0.3 is 5.97 Å². The summed E-state index contributed by atoms with van der Waals surface area (Å²) in [5.41, 5.74) is 1.23. The van der Waals surface area contributed by atoms with Crippen LogP contribution in [0.2, 0.25) is 0 Å². The molecule has 0 amide bonds. The van der Waals surface area contributed by atoms with Crippen molar-refractivity contribution in [3.63, 3.8) is 0 Å². The van der Waals surface area contributed by atoms with Gasteiger partial charge in [-0.1, -0.05) is 6.08 Å². The molecule has 1 atom stereocenters. The summed E-state index contributed by atoms with van der Waals surface area (Å²) < 4.78 is 15.8. The first-order chi connectivity index (χ1) is 8.17. The zero-order chi connectivity index (χ0) is 12.4. The molecule has 1 unspecified atom stereocenters. The van der Waals surface area contributed by atoms with Crippen LogP contribution in [-0.2, 0) is 9.47 Å². The van der Waals surface area contributed by atoms with Gasteiger partial charge in [-0.15, -0.1) is 0 Å². The Morgan fingerprint density at radius 2 is 2.35 bits per heavy atom. The maximum atomic E-state index is 11.8. The van der Waals surface area contributed by atoms with Gasteiger partial charge in [0.05, 0.1) is 12.7 Å². The first kappa shape index (κ1) is 11.9. The van der Waals surface area contributed by atoms with Crippen molar-refractivity contribution < 1.29 is 18.7 Å². The van der Waals surface area contributed by atoms with E-state index in [4.69, 9.17) is 13.9 Å². The van der Waals surface area contributed by atoms with Crippen LogP contribution in [0.25, 0.3) is 12.2 Å². The number of carbonyl (C=O) groups is 1. The number of carbonyl (C=O) groups excluding carboxylic acids is 1. The van der Waals surface area contributed by atoms with Crippen molar-refractivity contribution in [3.8, 4) is 0 Å². The highest BCUT2D eigenvalue weighted by atomic mass is 16.5. The van der Waals surface area contributed by atoms with Crippen molar-refractivity contribution in [2.24, 2.45) is 0 Å². The predicted molar refractivity (Wildman–Crippen MR) is 63.0 cm³/mol. The van der Waals surface area contributed by atoms with Crippen LogP contribution in [0.3, 0.4) is 0 Å². The molecule has 0 saturated heterocycles. The number of hydrogen-bond acceptors (Lipinski definition) is 4. The molecular weight excluding hydrogens is 220 g/mol. The van der Waals surface area contributed by atoms with Crippen LogP contribution < -0.4 is 10.6 Å². The van der Waals surface area contributed by atoms with Crippen molar-refractivity contribution in [2.45, 2.75) is 26.4 Å². The molecule has 1 aliphatic carbocycles. The minimum atomic E-state index is -0.324. The number of furan rings is 1. The van der Waals surface area contributed by atoms with Crippen molar-refractivity contribution >= 4 is 18.1 Å². The van der Waals surface area contributed by atoms with Crippen molar-refractivity contribution in [3.05, 3.63) is 22.0 Å². The monoisotopic (exact) mass is 236 g/mol. The highest BCUT2D eigenvalue weighted by molar-refractivity contribution is 5.91. The Labute approximate surface area is 99.5 Å². The Morgan fingerprint density at radius 3 is 3.00 bits per heavy atom. The van der Waals surface area contributed by atoms with Gasteiger partial charge in [0.2, 0.25) is 0 Å². The number of methoxy groups -OCH3 is 1. The number of esters is 1. The average molecular weight is 236 g/mol. The van der Waals surface area contributed by atoms with Crippen LogP contribution in [-0.4, -0.2) is 25.8 Å². The maximum absolute atomic E-state index is 11.8. The van der Waals surface area contributed by atoms with E-state index in [9.17, 15) is 4.79 Å². The Morgan fingerprint density at radius 1 is 1.59 bits per heavy atom. The lowest BCUT2D eigenvalue weighted by Gasteiger charge is -2.09. The molecule has 0 bridgehead atoms. The fourth-order valence-electron chi connectivity index (χ4n) is 2.00. The molecule has 0 aromatic carbocycles. The van der Waals surface area contributed by atoms with Crippen molar-refractivity contribution in [2.75, 3.05) is 13.7 Å². The van der Waals surface area contributed by atoms with E-state index < -0.39 is 0 Å². The molecule has 0 radical (unpaired) electrons. The number of aryl methyl sites for hydroxylation is 1. The molecule has 1 aliphatic rings. The number of rotatable bonds is 3. The summed E-state index contributed by atoms with van der Waals surface area (Å²) in [5, 5.41) is 0.828. The summed E-state index contributed by atoms with van der Waals surface area (Å²) in [6.07, 6.45) is 4.62. The van der Waals surface area contributed by atoms with Gasteiger partial charge in [-0.05, 0) is 26.3 Å². The average Bonchev–Trinajstić information content (AvgIpc) is 2.64. The third kappa shape index (κ3) is 2.13. The van der Waals surface area contributed by atoms with E-state index in [1.807, 2.05) is 12.2 Å². The summed E-state index contributed by atoms with van der Waals surface area (Å²) in [6.45, 7) is 3.92. The van der Waals surface area contributed by atoms with Crippen LogP contribution >= 0.6 is 0 Å². The van der Waals surface area contributed by atoms with E-state index in [1.165, 1.54) is 0 Å². The topological polar surface area (TPSA) is 48.7 Å². The standard InChI is InChI=1S/C13H16O4/c1-4-16-13(14)12-8(2)17-11-7-9(15-3)5-6-10(11)12/h6-7,9H,4-5H2,1-3H3. The summed E-state index contributed by atoms with van der Waals surface area (Å²) >= 11 is 0. The third-order valence-electron chi connectivity index (χ3n) is 2.82. The van der Waals surface area contributed by atoms with Gasteiger partial charge in [0, 0.05) is 12.3 Å². The van der Waals surface area contributed by atoms with Gasteiger partial charge in [-0.3, -0.25) is 0 Å². The summed E-state index contributed by atoms with van der Waals surface area (Å²) in [7, 11) is 1.65. The molecule has 2 rings (SSSR count). The van der Waals surface area contributed by atoms with Crippen LogP contribution in [0.5, 0.6) is 0 Å². The maximum Gasteiger partial charge on any atom is 0.342 e. The van der Waals surface area contributed by atoms with Crippen LogP contribution in [0.4, 0.5) is 0 Å². The second kappa shape index (κ2) is 4.75. The number of ether oxygens (including phenoxy) is 2. The lowest BCUT2D eigenvalue weighted by molar-refractivity contribution is 0.0523. The zero-order valence-electron chi connectivity index (χ0n) is 10.3. The highest BCUT2D eigenvalue weighted by Gasteiger charge is 2.20. The molecule has 17 heavy (non-hydrogen) atoms. The molecule has 0 spiro atoms.